The molecule has 1 aromatic heterocycles. The minimum atomic E-state index is -1.16. The van der Waals surface area contributed by atoms with Crippen molar-refractivity contribution < 1.29 is 33.4 Å². The van der Waals surface area contributed by atoms with E-state index in [0.29, 0.717) is 55.6 Å². The van der Waals surface area contributed by atoms with E-state index >= 15 is 4.39 Å². The molecule has 2 aliphatic carbocycles. The number of rotatable bonds is 13. The van der Waals surface area contributed by atoms with Gasteiger partial charge in [-0.3, -0.25) is 19.2 Å². The molecule has 8 rings (SSSR count). The lowest BCUT2D eigenvalue weighted by Gasteiger charge is -2.45. The molecular weight excluding hydrogens is 858 g/mol. The topological polar surface area (TPSA) is 146 Å². The van der Waals surface area contributed by atoms with Crippen LogP contribution in [0.3, 0.4) is 0 Å². The molecule has 2 aliphatic heterocycles. The van der Waals surface area contributed by atoms with E-state index in [9.17, 15) is 24.3 Å². The number of nitrogens with zero attached hydrogens (tertiary/aromatic N) is 4. The number of aliphatic hydroxyl groups is 1. The van der Waals surface area contributed by atoms with Crippen molar-refractivity contribution in [1.29, 1.82) is 0 Å². The zero-order chi connectivity index (χ0) is 45.1. The van der Waals surface area contributed by atoms with Gasteiger partial charge < -0.3 is 34.8 Å². The molecule has 12 nitrogen and oxygen atoms in total. The molecule has 3 aromatic carbocycles. The van der Waals surface area contributed by atoms with Crippen LogP contribution in [0.4, 0.5) is 4.39 Å². The van der Waals surface area contributed by atoms with E-state index in [1.165, 1.54) is 37.2 Å². The smallest absolute Gasteiger partial charge is 0.226 e. The molecule has 3 amide bonds. The van der Waals surface area contributed by atoms with Crippen LogP contribution in [0.2, 0.25) is 10.0 Å². The van der Waals surface area contributed by atoms with Gasteiger partial charge in [-0.05, 0) is 105 Å². The number of amides is 3. The Hall–Kier alpha value is -4.82. The fourth-order valence-electron chi connectivity index (χ4n) is 9.39. The van der Waals surface area contributed by atoms with Crippen LogP contribution in [-0.2, 0) is 45.7 Å². The van der Waals surface area contributed by atoms with E-state index in [0.717, 1.165) is 41.6 Å². The molecule has 4 atom stereocenters. The van der Waals surface area contributed by atoms with Gasteiger partial charge >= 0.3 is 0 Å². The fraction of sp³-hybridized carbons (Fsp3) is 0.490. The SMILES string of the molecule is C[C@H]1C(=O)C[C@@H](CO)C(=O)N[C@@]2(Cc3ccc(Cl)cc3)CCCN(C2)C(=O)[C@H](CC2CC2)CC(=O)N1Cc1c(F)cc(Cl)cc1Oc1ccc(-c2cnc(CNC3CCC3)n2C)cc1. The Balaban J connectivity index is 1.06. The van der Waals surface area contributed by atoms with Gasteiger partial charge in [-0.2, -0.15) is 0 Å². The van der Waals surface area contributed by atoms with Crippen LogP contribution >= 0.6 is 23.2 Å². The second-order valence-corrected chi connectivity index (χ2v) is 19.3. The molecule has 340 valence electrons. The summed E-state index contributed by atoms with van der Waals surface area (Å²) < 4.78 is 24.6. The van der Waals surface area contributed by atoms with Crippen molar-refractivity contribution in [3.8, 4) is 22.8 Å². The molecule has 4 aliphatic rings. The number of imidazole rings is 1. The second-order valence-electron chi connectivity index (χ2n) is 18.4. The Morgan fingerprint density at radius 1 is 0.953 bits per heavy atom. The number of Topliss-reactive ketones (excluding diaryl/α,β-unsaturated/α-hetero) is 1. The average molecular weight is 916 g/mol. The summed E-state index contributed by atoms with van der Waals surface area (Å²) in [6, 6.07) is 16.6. The Morgan fingerprint density at radius 3 is 2.39 bits per heavy atom. The number of aliphatic hydroxyl groups excluding tert-OH is 1. The number of hydrogen-bond donors (Lipinski definition) is 3. The predicted molar refractivity (Wildman–Crippen MR) is 242 cm³/mol. The lowest BCUT2D eigenvalue weighted by Crippen LogP contribution is -2.63. The molecule has 0 radical (unpaired) electrons. The third kappa shape index (κ3) is 10.6. The van der Waals surface area contributed by atoms with E-state index < -0.39 is 53.4 Å². The third-order valence-electron chi connectivity index (χ3n) is 13.7. The minimum absolute atomic E-state index is 0.0117. The number of ketones is 1. The summed E-state index contributed by atoms with van der Waals surface area (Å²) in [6.45, 7) is 1.85. The molecule has 0 unspecified atom stereocenters. The van der Waals surface area contributed by atoms with E-state index in [4.69, 9.17) is 27.9 Å². The maximum atomic E-state index is 16.2. The van der Waals surface area contributed by atoms with Crippen molar-refractivity contribution in [2.24, 2.45) is 24.8 Å². The van der Waals surface area contributed by atoms with Crippen LogP contribution in [0, 0.1) is 23.6 Å². The van der Waals surface area contributed by atoms with Crippen molar-refractivity contribution in [2.45, 2.75) is 108 Å². The van der Waals surface area contributed by atoms with Crippen molar-refractivity contribution >= 4 is 46.7 Å². The van der Waals surface area contributed by atoms with Crippen molar-refractivity contribution in [3.63, 3.8) is 0 Å². The highest BCUT2D eigenvalue weighted by molar-refractivity contribution is 6.31. The summed E-state index contributed by atoms with van der Waals surface area (Å²) >= 11 is 12.6. The summed E-state index contributed by atoms with van der Waals surface area (Å²) in [7, 11) is 1.98. The van der Waals surface area contributed by atoms with E-state index in [1.54, 1.807) is 29.2 Å². The van der Waals surface area contributed by atoms with Gasteiger partial charge in [0.2, 0.25) is 17.7 Å². The van der Waals surface area contributed by atoms with Crippen LogP contribution < -0.4 is 15.4 Å². The molecule has 64 heavy (non-hydrogen) atoms. The lowest BCUT2D eigenvalue weighted by atomic mass is 9.81. The highest BCUT2D eigenvalue weighted by atomic mass is 35.5. The average Bonchev–Trinajstić information content (AvgIpc) is 4.00. The summed E-state index contributed by atoms with van der Waals surface area (Å²) in [5.41, 5.74) is 1.83. The Kier molecular flexibility index (Phi) is 14.1. The van der Waals surface area contributed by atoms with Crippen LogP contribution in [0.5, 0.6) is 11.5 Å². The lowest BCUT2D eigenvalue weighted by molar-refractivity contribution is -0.148. The Labute approximate surface area is 383 Å². The van der Waals surface area contributed by atoms with Crippen LogP contribution in [0.1, 0.15) is 88.1 Å². The largest absolute Gasteiger partial charge is 0.457 e. The number of hydrogen-bond acceptors (Lipinski definition) is 8. The first kappa shape index (κ1) is 45.7. The van der Waals surface area contributed by atoms with Crippen LogP contribution in [0.15, 0.2) is 66.9 Å². The van der Waals surface area contributed by atoms with Gasteiger partial charge in [0.25, 0.3) is 0 Å². The van der Waals surface area contributed by atoms with Crippen molar-refractivity contribution in [1.82, 2.24) is 30.0 Å². The minimum Gasteiger partial charge on any atom is -0.457 e. The van der Waals surface area contributed by atoms with Gasteiger partial charge in [0.15, 0.2) is 5.78 Å². The van der Waals surface area contributed by atoms with Gasteiger partial charge in [-0.15, -0.1) is 0 Å². The number of fused-ring (bicyclic) bond motifs is 2. The quantitative estimate of drug-likeness (QED) is 0.123. The number of ether oxygens (including phenoxy) is 1. The van der Waals surface area contributed by atoms with Gasteiger partial charge in [-0.25, -0.2) is 9.37 Å². The number of carbonyl (C=O) groups is 4. The summed E-state index contributed by atoms with van der Waals surface area (Å²) in [5, 5.41) is 17.9. The molecule has 4 aromatic rings. The number of halogens is 3. The van der Waals surface area contributed by atoms with Crippen LogP contribution in [0.25, 0.3) is 11.3 Å². The third-order valence-corrected chi connectivity index (χ3v) is 14.1. The Morgan fingerprint density at radius 2 is 1.70 bits per heavy atom. The maximum Gasteiger partial charge on any atom is 0.226 e. The van der Waals surface area contributed by atoms with E-state index in [2.05, 4.69) is 15.6 Å². The summed E-state index contributed by atoms with van der Waals surface area (Å²) in [4.78, 5) is 65.4. The van der Waals surface area contributed by atoms with Gasteiger partial charge in [0.05, 0.1) is 49.1 Å². The maximum absolute atomic E-state index is 16.2. The molecular formula is C49H57Cl2FN6O6. The van der Waals surface area contributed by atoms with Crippen molar-refractivity contribution in [3.05, 3.63) is 99.7 Å². The van der Waals surface area contributed by atoms with Crippen LogP contribution in [-0.4, -0.2) is 85.3 Å². The van der Waals surface area contributed by atoms with Gasteiger partial charge in [0, 0.05) is 66.1 Å². The number of benzene rings is 3. The van der Waals surface area contributed by atoms with E-state index in [1.807, 2.05) is 42.1 Å². The number of nitrogens with one attached hydrogen (secondary N) is 2. The number of aromatic nitrogens is 2. The standard InChI is InChI=1S/C49H57Cl2FN6O6/c1-30-43(60)20-35(28-59)47(62)55-49(24-32-9-13-36(50)14-10-32)17-4-18-57(29-49)48(63)34(19-31-7-8-31)21-46(61)58(30)27-40-41(52)22-37(51)23-44(40)64-39-15-11-33(12-16-39)42-25-54-45(56(42)2)26-53-38-5-3-6-38/h9-16,22-23,25,30-31,34-35,38,53,59H,3-8,17-21,24,26-29H2,1-2H3,(H,55,62)/t30-,34+,35-,49+/m0/s1. The van der Waals surface area contributed by atoms with Crippen molar-refractivity contribution in [2.75, 3.05) is 19.7 Å². The molecule has 2 bridgehead atoms. The van der Waals surface area contributed by atoms with Gasteiger partial charge in [0.1, 0.15) is 23.1 Å². The molecule has 0 spiro atoms. The Bertz CT molecular complexity index is 2350. The molecule has 15 heteroatoms. The summed E-state index contributed by atoms with van der Waals surface area (Å²) in [6.07, 6.45) is 8.85. The molecule has 3 N–H and O–H groups in total. The fourth-order valence-corrected chi connectivity index (χ4v) is 9.71. The monoisotopic (exact) mass is 914 g/mol. The number of carbonyl (C=O) groups excluding carboxylic acids is 4. The summed E-state index contributed by atoms with van der Waals surface area (Å²) in [5.74, 6) is -2.64. The van der Waals surface area contributed by atoms with E-state index in [-0.39, 0.29) is 54.1 Å². The molecule has 3 heterocycles. The predicted octanol–water partition coefficient (Wildman–Crippen LogP) is 7.79. The molecule has 2 saturated heterocycles. The zero-order valence-corrected chi connectivity index (χ0v) is 38.0. The number of piperidine rings is 1. The highest BCUT2D eigenvalue weighted by Gasteiger charge is 2.44. The first-order valence-corrected chi connectivity index (χ1v) is 23.3. The first-order chi connectivity index (χ1) is 30.8. The second kappa shape index (κ2) is 19.7. The van der Waals surface area contributed by atoms with Gasteiger partial charge in [-0.1, -0.05) is 54.6 Å². The zero-order valence-electron chi connectivity index (χ0n) is 36.5. The molecule has 4 fully saturated rings. The first-order valence-electron chi connectivity index (χ1n) is 22.6. The molecule has 2 saturated carbocycles. The normalized spacial score (nSPS) is 23.8. The highest BCUT2D eigenvalue weighted by Crippen LogP contribution is 2.39.